The van der Waals surface area contributed by atoms with Crippen molar-refractivity contribution < 1.29 is 4.79 Å². The van der Waals surface area contributed by atoms with Gasteiger partial charge in [-0.15, -0.1) is 22.9 Å². The SMILES string of the molecule is CC(CCCl)NC(=O)c1ccc(Br)s1. The Kier molecular flexibility index (Phi) is 4.92. The fourth-order valence-corrected chi connectivity index (χ4v) is 2.58. The zero-order valence-corrected chi connectivity index (χ0v) is 10.9. The summed E-state index contributed by atoms with van der Waals surface area (Å²) in [6, 6.07) is 3.80. The van der Waals surface area contributed by atoms with Crippen LogP contribution in [0.3, 0.4) is 0 Å². The molecular formula is C9H11BrClNOS. The van der Waals surface area contributed by atoms with Gasteiger partial charge in [-0.2, -0.15) is 0 Å². The summed E-state index contributed by atoms with van der Waals surface area (Å²) in [7, 11) is 0. The topological polar surface area (TPSA) is 29.1 Å². The molecule has 0 saturated heterocycles. The Balaban J connectivity index is 2.50. The summed E-state index contributed by atoms with van der Waals surface area (Å²) in [5.41, 5.74) is 0. The highest BCUT2D eigenvalue weighted by molar-refractivity contribution is 9.11. The number of rotatable bonds is 4. The van der Waals surface area contributed by atoms with Gasteiger partial charge in [-0.1, -0.05) is 0 Å². The number of hydrogen-bond acceptors (Lipinski definition) is 2. The van der Waals surface area contributed by atoms with E-state index in [0.717, 1.165) is 15.1 Å². The minimum Gasteiger partial charge on any atom is -0.349 e. The molecule has 14 heavy (non-hydrogen) atoms. The van der Waals surface area contributed by atoms with Crippen LogP contribution in [0.2, 0.25) is 0 Å². The molecule has 0 aliphatic rings. The van der Waals surface area contributed by atoms with E-state index in [0.29, 0.717) is 5.88 Å². The summed E-state index contributed by atoms with van der Waals surface area (Å²) in [6.07, 6.45) is 0.792. The molecule has 0 aliphatic heterocycles. The standard InChI is InChI=1S/C9H11BrClNOS/c1-6(4-5-11)12-9(13)7-2-3-8(10)14-7/h2-3,6H,4-5H2,1H3,(H,12,13). The number of hydrogen-bond donors (Lipinski definition) is 1. The molecule has 1 aromatic rings. The third-order valence-electron chi connectivity index (χ3n) is 1.72. The van der Waals surface area contributed by atoms with Gasteiger partial charge in [-0.05, 0) is 41.4 Å². The monoisotopic (exact) mass is 295 g/mol. The molecule has 1 heterocycles. The number of thiophene rings is 1. The van der Waals surface area contributed by atoms with E-state index in [2.05, 4.69) is 21.2 Å². The van der Waals surface area contributed by atoms with Crippen molar-refractivity contribution in [1.29, 1.82) is 0 Å². The summed E-state index contributed by atoms with van der Waals surface area (Å²) in [4.78, 5) is 12.3. The quantitative estimate of drug-likeness (QED) is 0.849. The molecule has 1 N–H and O–H groups in total. The fraction of sp³-hybridized carbons (Fsp3) is 0.444. The summed E-state index contributed by atoms with van der Waals surface area (Å²) in [5.74, 6) is 0.536. The van der Waals surface area contributed by atoms with E-state index >= 15 is 0 Å². The molecule has 1 aromatic heterocycles. The van der Waals surface area contributed by atoms with Gasteiger partial charge in [-0.25, -0.2) is 0 Å². The molecule has 2 nitrogen and oxygen atoms in total. The molecule has 5 heteroatoms. The van der Waals surface area contributed by atoms with E-state index in [1.165, 1.54) is 11.3 Å². The summed E-state index contributed by atoms with van der Waals surface area (Å²) < 4.78 is 0.965. The van der Waals surface area contributed by atoms with Crippen LogP contribution in [-0.2, 0) is 0 Å². The molecule has 1 unspecified atom stereocenters. The maximum atomic E-state index is 11.6. The number of nitrogens with one attached hydrogen (secondary N) is 1. The molecule has 0 spiro atoms. The van der Waals surface area contributed by atoms with Gasteiger partial charge in [0.2, 0.25) is 0 Å². The summed E-state index contributed by atoms with van der Waals surface area (Å²) in [5, 5.41) is 2.88. The average Bonchev–Trinajstić information content (AvgIpc) is 2.52. The lowest BCUT2D eigenvalue weighted by Gasteiger charge is -2.10. The lowest BCUT2D eigenvalue weighted by Crippen LogP contribution is -2.32. The Morgan fingerprint density at radius 1 is 1.71 bits per heavy atom. The van der Waals surface area contributed by atoms with E-state index in [-0.39, 0.29) is 11.9 Å². The van der Waals surface area contributed by atoms with Crippen LogP contribution in [0.5, 0.6) is 0 Å². The van der Waals surface area contributed by atoms with Gasteiger partial charge in [-0.3, -0.25) is 4.79 Å². The molecule has 0 aromatic carbocycles. The van der Waals surface area contributed by atoms with E-state index in [1.54, 1.807) is 6.07 Å². The Labute approximate surface area is 101 Å². The molecular weight excluding hydrogens is 286 g/mol. The highest BCUT2D eigenvalue weighted by atomic mass is 79.9. The number of amides is 1. The predicted molar refractivity (Wildman–Crippen MR) is 64.3 cm³/mol. The first-order valence-electron chi connectivity index (χ1n) is 4.25. The number of carbonyl (C=O) groups is 1. The molecule has 1 atom stereocenters. The second kappa shape index (κ2) is 5.73. The van der Waals surface area contributed by atoms with Crippen molar-refractivity contribution in [1.82, 2.24) is 5.32 Å². The van der Waals surface area contributed by atoms with Crippen molar-refractivity contribution >= 4 is 44.8 Å². The largest absolute Gasteiger partial charge is 0.349 e. The fourth-order valence-electron chi connectivity index (χ4n) is 0.967. The van der Waals surface area contributed by atoms with Crippen molar-refractivity contribution in [3.05, 3.63) is 20.8 Å². The normalized spacial score (nSPS) is 12.5. The summed E-state index contributed by atoms with van der Waals surface area (Å²) in [6.45, 7) is 1.95. The van der Waals surface area contributed by atoms with Gasteiger partial charge >= 0.3 is 0 Å². The Morgan fingerprint density at radius 3 is 2.93 bits per heavy atom. The summed E-state index contributed by atoms with van der Waals surface area (Å²) >= 11 is 10.3. The van der Waals surface area contributed by atoms with Crippen molar-refractivity contribution in [3.8, 4) is 0 Å². The van der Waals surface area contributed by atoms with Crippen LogP contribution in [0.15, 0.2) is 15.9 Å². The first-order chi connectivity index (χ1) is 6.63. The second-order valence-corrected chi connectivity index (χ2v) is 5.80. The molecule has 0 radical (unpaired) electrons. The first kappa shape index (κ1) is 12.0. The number of halogens is 2. The maximum Gasteiger partial charge on any atom is 0.261 e. The molecule has 0 saturated carbocycles. The molecule has 0 bridgehead atoms. The lowest BCUT2D eigenvalue weighted by atomic mass is 10.2. The smallest absolute Gasteiger partial charge is 0.261 e. The average molecular weight is 297 g/mol. The highest BCUT2D eigenvalue weighted by Crippen LogP contribution is 2.21. The van der Waals surface area contributed by atoms with Crippen LogP contribution in [0.4, 0.5) is 0 Å². The van der Waals surface area contributed by atoms with E-state index in [4.69, 9.17) is 11.6 Å². The van der Waals surface area contributed by atoms with Gasteiger partial charge in [0.25, 0.3) is 5.91 Å². The number of alkyl halides is 1. The van der Waals surface area contributed by atoms with Crippen LogP contribution in [0.25, 0.3) is 0 Å². The van der Waals surface area contributed by atoms with Crippen molar-refractivity contribution in [3.63, 3.8) is 0 Å². The third-order valence-corrected chi connectivity index (χ3v) is 3.56. The molecule has 0 fully saturated rings. The van der Waals surface area contributed by atoms with Crippen LogP contribution >= 0.6 is 38.9 Å². The first-order valence-corrected chi connectivity index (χ1v) is 6.40. The Morgan fingerprint density at radius 2 is 2.43 bits per heavy atom. The van der Waals surface area contributed by atoms with Crippen LogP contribution < -0.4 is 5.32 Å². The molecule has 1 rings (SSSR count). The van der Waals surface area contributed by atoms with Crippen LogP contribution in [-0.4, -0.2) is 17.8 Å². The van der Waals surface area contributed by atoms with Gasteiger partial charge < -0.3 is 5.32 Å². The third kappa shape index (κ3) is 3.59. The van der Waals surface area contributed by atoms with E-state index < -0.39 is 0 Å². The maximum absolute atomic E-state index is 11.6. The van der Waals surface area contributed by atoms with Gasteiger partial charge in [0.15, 0.2) is 0 Å². The molecule has 0 aliphatic carbocycles. The van der Waals surface area contributed by atoms with Gasteiger partial charge in [0.1, 0.15) is 0 Å². The predicted octanol–water partition coefficient (Wildman–Crippen LogP) is 3.26. The van der Waals surface area contributed by atoms with Crippen molar-refractivity contribution in [2.24, 2.45) is 0 Å². The van der Waals surface area contributed by atoms with Crippen LogP contribution in [0.1, 0.15) is 23.0 Å². The van der Waals surface area contributed by atoms with Crippen molar-refractivity contribution in [2.45, 2.75) is 19.4 Å². The lowest BCUT2D eigenvalue weighted by molar-refractivity contribution is 0.0943. The van der Waals surface area contributed by atoms with Gasteiger partial charge in [0.05, 0.1) is 8.66 Å². The second-order valence-electron chi connectivity index (χ2n) is 2.96. The Bertz CT molecular complexity index is 316. The highest BCUT2D eigenvalue weighted by Gasteiger charge is 2.10. The van der Waals surface area contributed by atoms with Gasteiger partial charge in [0, 0.05) is 11.9 Å². The minimum absolute atomic E-state index is 0.0293. The molecule has 1 amide bonds. The Hall–Kier alpha value is -0.0600. The molecule has 78 valence electrons. The zero-order valence-electron chi connectivity index (χ0n) is 7.72. The van der Waals surface area contributed by atoms with E-state index in [9.17, 15) is 4.79 Å². The minimum atomic E-state index is -0.0293. The van der Waals surface area contributed by atoms with E-state index in [1.807, 2.05) is 13.0 Å². The van der Waals surface area contributed by atoms with Crippen LogP contribution in [0, 0.1) is 0 Å². The zero-order chi connectivity index (χ0) is 10.6. The van der Waals surface area contributed by atoms with Crippen molar-refractivity contribution in [2.75, 3.05) is 5.88 Å². The number of carbonyl (C=O) groups excluding carboxylic acids is 1.